The lowest BCUT2D eigenvalue weighted by Gasteiger charge is -2.46. The van der Waals surface area contributed by atoms with E-state index in [-0.39, 0.29) is 24.4 Å². The largest absolute Gasteiger partial charge is 0.426 e. The molecule has 2 aromatic rings. The van der Waals surface area contributed by atoms with Crippen LogP contribution >= 0.6 is 0 Å². The number of aryl methyl sites for hydroxylation is 1. The van der Waals surface area contributed by atoms with Gasteiger partial charge in [-0.25, -0.2) is 8.78 Å². The zero-order valence-electron chi connectivity index (χ0n) is 21.4. The molecule has 3 atom stereocenters. The van der Waals surface area contributed by atoms with E-state index in [0.717, 1.165) is 11.1 Å². The van der Waals surface area contributed by atoms with E-state index in [1.165, 1.54) is 24.3 Å². The molecule has 5 rings (SSSR count). The fourth-order valence-electron chi connectivity index (χ4n) is 6.88. The number of halogens is 5. The topological polar surface area (TPSA) is 52.6 Å². The number of amides is 1. The van der Waals surface area contributed by atoms with Gasteiger partial charge in [0.1, 0.15) is 5.82 Å². The van der Waals surface area contributed by atoms with Gasteiger partial charge < -0.3 is 15.3 Å². The van der Waals surface area contributed by atoms with Gasteiger partial charge in [-0.2, -0.15) is 13.2 Å². The first-order valence-corrected chi connectivity index (χ1v) is 13.2. The third kappa shape index (κ3) is 4.31. The van der Waals surface area contributed by atoms with Crippen molar-refractivity contribution in [1.29, 1.82) is 0 Å². The molecule has 0 bridgehead atoms. The van der Waals surface area contributed by atoms with Crippen LogP contribution in [0.2, 0.25) is 0 Å². The van der Waals surface area contributed by atoms with Crippen molar-refractivity contribution in [2.45, 2.75) is 68.8 Å². The molecular weight excluding hydrogens is 503 g/mol. The lowest BCUT2D eigenvalue weighted by atomic mass is 9.63. The molecule has 4 nitrogen and oxygen atoms in total. The lowest BCUT2D eigenvalue weighted by molar-refractivity contribution is -0.228. The number of nitrogens with one attached hydrogen (secondary N) is 1. The molecule has 9 heteroatoms. The van der Waals surface area contributed by atoms with Crippen LogP contribution in [0.1, 0.15) is 54.9 Å². The number of rotatable bonds is 5. The maximum atomic E-state index is 14.9. The Morgan fingerprint density at radius 1 is 1.08 bits per heavy atom. The quantitative estimate of drug-likeness (QED) is 0.531. The Morgan fingerprint density at radius 2 is 1.76 bits per heavy atom. The number of benzene rings is 2. The van der Waals surface area contributed by atoms with Crippen molar-refractivity contribution >= 4 is 5.91 Å². The van der Waals surface area contributed by atoms with Gasteiger partial charge in [0.2, 0.25) is 11.6 Å². The van der Waals surface area contributed by atoms with E-state index in [4.69, 9.17) is 0 Å². The van der Waals surface area contributed by atoms with Crippen molar-refractivity contribution in [3.8, 4) is 0 Å². The SMILES string of the molecule is CC(F)(c1ccc2c(c1)CC[C@H]1N(C(=O)C3(CO)CCNCC3)CC[C@@]21Cc1ccc(F)cc1)C(F)(F)F. The van der Waals surface area contributed by atoms with Crippen LogP contribution in [0.25, 0.3) is 0 Å². The van der Waals surface area contributed by atoms with E-state index in [9.17, 15) is 31.9 Å². The van der Waals surface area contributed by atoms with Crippen LogP contribution in [0.5, 0.6) is 0 Å². The van der Waals surface area contributed by atoms with E-state index in [2.05, 4.69) is 5.32 Å². The number of piperidine rings is 1. The second-order valence-electron chi connectivity index (χ2n) is 11.3. The molecule has 2 aliphatic heterocycles. The van der Waals surface area contributed by atoms with Gasteiger partial charge in [0, 0.05) is 18.0 Å². The van der Waals surface area contributed by atoms with Crippen molar-refractivity contribution < 1.29 is 31.9 Å². The van der Waals surface area contributed by atoms with E-state index in [1.807, 2.05) is 4.90 Å². The third-order valence-corrected chi connectivity index (χ3v) is 9.23. The fraction of sp³-hybridized carbons (Fsp3) is 0.552. The van der Waals surface area contributed by atoms with Crippen LogP contribution < -0.4 is 5.32 Å². The zero-order chi connectivity index (χ0) is 27.3. The minimum Gasteiger partial charge on any atom is -0.395 e. The first-order chi connectivity index (χ1) is 17.9. The summed E-state index contributed by atoms with van der Waals surface area (Å²) in [5.41, 5.74) is -3.06. The summed E-state index contributed by atoms with van der Waals surface area (Å²) >= 11 is 0. The number of likely N-dealkylation sites (tertiary alicyclic amines) is 1. The molecule has 3 aliphatic rings. The molecule has 2 fully saturated rings. The monoisotopic (exact) mass is 536 g/mol. The van der Waals surface area contributed by atoms with Gasteiger partial charge in [-0.1, -0.05) is 30.3 Å². The molecule has 0 radical (unpaired) electrons. The summed E-state index contributed by atoms with van der Waals surface area (Å²) in [6.45, 7) is 2.02. The minimum atomic E-state index is -5.05. The number of fused-ring (bicyclic) bond motifs is 3. The van der Waals surface area contributed by atoms with Gasteiger partial charge in [0.05, 0.1) is 12.0 Å². The van der Waals surface area contributed by atoms with Crippen molar-refractivity contribution in [2.24, 2.45) is 5.41 Å². The van der Waals surface area contributed by atoms with Crippen LogP contribution in [0.4, 0.5) is 22.0 Å². The van der Waals surface area contributed by atoms with E-state index in [1.54, 1.807) is 18.2 Å². The number of hydrogen-bond acceptors (Lipinski definition) is 3. The Hall–Kier alpha value is -2.52. The molecule has 38 heavy (non-hydrogen) atoms. The molecule has 0 saturated carbocycles. The number of nitrogens with zero attached hydrogens (tertiary/aromatic N) is 1. The maximum absolute atomic E-state index is 14.9. The van der Waals surface area contributed by atoms with E-state index < -0.39 is 28.2 Å². The van der Waals surface area contributed by atoms with Gasteiger partial charge in [-0.3, -0.25) is 4.79 Å². The number of hydrogen-bond donors (Lipinski definition) is 2. The Balaban J connectivity index is 1.57. The minimum absolute atomic E-state index is 0.0824. The molecule has 2 heterocycles. The highest BCUT2D eigenvalue weighted by atomic mass is 19.4. The molecule has 1 unspecified atom stereocenters. The van der Waals surface area contributed by atoms with Crippen LogP contribution in [0.3, 0.4) is 0 Å². The standard InChI is InChI=1S/C29H33F5N2O2/c1-26(31,29(32,33)34)21-5-8-23-20(16-21)4-9-24-28(23,17-19-2-6-22(30)7-3-19)12-15-36(24)25(38)27(18-37)10-13-35-14-11-27/h2-3,5-8,16,24,35,37H,4,9-15,17-18H2,1H3/t24-,26?,28-/m1/s1. The first kappa shape index (κ1) is 27.1. The van der Waals surface area contributed by atoms with Crippen LogP contribution in [-0.4, -0.2) is 54.4 Å². The van der Waals surface area contributed by atoms with Crippen molar-refractivity contribution in [3.05, 3.63) is 70.5 Å². The third-order valence-electron chi connectivity index (χ3n) is 9.23. The lowest BCUT2D eigenvalue weighted by Crippen LogP contribution is -2.56. The van der Waals surface area contributed by atoms with Gasteiger partial charge in [-0.05, 0) is 92.9 Å². The molecule has 2 aromatic carbocycles. The summed E-state index contributed by atoms with van der Waals surface area (Å²) < 4.78 is 69.0. The van der Waals surface area contributed by atoms with Crippen molar-refractivity contribution in [2.75, 3.05) is 26.2 Å². The second kappa shape index (κ2) is 9.59. The Labute approximate surface area is 219 Å². The normalized spacial score (nSPS) is 26.4. The van der Waals surface area contributed by atoms with Gasteiger partial charge in [0.15, 0.2) is 0 Å². The highest BCUT2D eigenvalue weighted by Crippen LogP contribution is 2.52. The summed E-state index contributed by atoms with van der Waals surface area (Å²) in [5, 5.41) is 13.5. The molecule has 1 amide bonds. The molecular formula is C29H33F5N2O2. The van der Waals surface area contributed by atoms with Crippen LogP contribution in [0.15, 0.2) is 42.5 Å². The number of aliphatic hydroxyl groups excluding tert-OH is 1. The van der Waals surface area contributed by atoms with E-state index in [0.29, 0.717) is 70.6 Å². The molecule has 2 N–H and O–H groups in total. The summed E-state index contributed by atoms with van der Waals surface area (Å²) in [6.07, 6.45) is -2.03. The Kier molecular flexibility index (Phi) is 6.83. The average Bonchev–Trinajstić information content (AvgIpc) is 3.28. The zero-order valence-corrected chi connectivity index (χ0v) is 21.4. The second-order valence-corrected chi connectivity index (χ2v) is 11.3. The average molecular weight is 537 g/mol. The van der Waals surface area contributed by atoms with E-state index >= 15 is 0 Å². The van der Waals surface area contributed by atoms with Crippen molar-refractivity contribution in [3.63, 3.8) is 0 Å². The number of carbonyl (C=O) groups is 1. The number of alkyl halides is 4. The number of aliphatic hydroxyl groups is 1. The van der Waals surface area contributed by atoms with Crippen LogP contribution in [-0.2, 0) is 28.7 Å². The summed E-state index contributed by atoms with van der Waals surface area (Å²) in [7, 11) is 0. The molecule has 206 valence electrons. The number of carbonyl (C=O) groups excluding carboxylic acids is 1. The van der Waals surface area contributed by atoms with Gasteiger partial charge >= 0.3 is 6.18 Å². The smallest absolute Gasteiger partial charge is 0.395 e. The molecule has 0 spiro atoms. The molecule has 0 aromatic heterocycles. The first-order valence-electron chi connectivity index (χ1n) is 13.2. The highest BCUT2D eigenvalue weighted by molar-refractivity contribution is 5.84. The Bertz CT molecular complexity index is 1190. The predicted molar refractivity (Wildman–Crippen MR) is 133 cm³/mol. The maximum Gasteiger partial charge on any atom is 0.426 e. The van der Waals surface area contributed by atoms with Gasteiger partial charge in [0.25, 0.3) is 0 Å². The van der Waals surface area contributed by atoms with Crippen LogP contribution in [0, 0.1) is 11.2 Å². The summed E-state index contributed by atoms with van der Waals surface area (Å²) in [5.74, 6) is -0.453. The Morgan fingerprint density at radius 3 is 2.39 bits per heavy atom. The van der Waals surface area contributed by atoms with Crippen molar-refractivity contribution in [1.82, 2.24) is 10.2 Å². The highest BCUT2D eigenvalue weighted by Gasteiger charge is 2.57. The van der Waals surface area contributed by atoms with Gasteiger partial charge in [-0.15, -0.1) is 0 Å². The summed E-state index contributed by atoms with van der Waals surface area (Å²) in [6, 6.07) is 10.0. The molecule has 1 aliphatic carbocycles. The summed E-state index contributed by atoms with van der Waals surface area (Å²) in [4.78, 5) is 15.8. The predicted octanol–water partition coefficient (Wildman–Crippen LogP) is 4.96. The molecule has 2 saturated heterocycles. The fourth-order valence-corrected chi connectivity index (χ4v) is 6.88.